The first kappa shape index (κ1) is 21.5. The van der Waals surface area contributed by atoms with Gasteiger partial charge < -0.3 is 10.4 Å². The topological polar surface area (TPSA) is 87.7 Å². The number of anilines is 1. The van der Waals surface area contributed by atoms with Crippen LogP contribution in [0.15, 0.2) is 59.9 Å². The van der Waals surface area contributed by atoms with E-state index in [4.69, 9.17) is 9.97 Å². The molecule has 7 nitrogen and oxygen atoms in total. The number of halogens is 1. The fourth-order valence-electron chi connectivity index (χ4n) is 3.87. The summed E-state index contributed by atoms with van der Waals surface area (Å²) in [6.45, 7) is 4.03. The van der Waals surface area contributed by atoms with Crippen molar-refractivity contribution in [3.63, 3.8) is 0 Å². The first-order chi connectivity index (χ1) is 16.0. The maximum Gasteiger partial charge on any atom is 0.223 e. The molecule has 2 unspecified atom stereocenters. The molecule has 0 aliphatic carbocycles. The number of pyridine rings is 1. The highest BCUT2D eigenvalue weighted by Crippen LogP contribution is 2.32. The van der Waals surface area contributed by atoms with Gasteiger partial charge in [0.15, 0.2) is 0 Å². The summed E-state index contributed by atoms with van der Waals surface area (Å²) in [7, 11) is 0. The van der Waals surface area contributed by atoms with Crippen molar-refractivity contribution in [2.45, 2.75) is 32.5 Å². The number of nitrogens with zero attached hydrogens (tertiary/aromatic N) is 5. The largest absolute Gasteiger partial charge is 0.392 e. The lowest BCUT2D eigenvalue weighted by atomic mass is 10.1. The average molecular weight is 463 g/mol. The number of nitrogens with one attached hydrogen (secondary N) is 1. The molecule has 168 valence electrons. The number of aliphatic imine (C=N–C) groups is 1. The molecule has 33 heavy (non-hydrogen) atoms. The predicted molar refractivity (Wildman–Crippen MR) is 130 cm³/mol. The zero-order valence-electron chi connectivity index (χ0n) is 18.2. The van der Waals surface area contributed by atoms with Gasteiger partial charge in [0.05, 0.1) is 34.8 Å². The number of aliphatic hydroxyl groups is 1. The van der Waals surface area contributed by atoms with Gasteiger partial charge in [-0.2, -0.15) is 0 Å². The number of aliphatic hydroxyl groups excluding tert-OH is 1. The molecular formula is C24H23FN6OS. The van der Waals surface area contributed by atoms with Crippen LogP contribution in [0.2, 0.25) is 0 Å². The lowest BCUT2D eigenvalue weighted by Gasteiger charge is -2.18. The van der Waals surface area contributed by atoms with Crippen LogP contribution in [0.1, 0.15) is 19.4 Å². The van der Waals surface area contributed by atoms with Crippen molar-refractivity contribution in [2.24, 2.45) is 4.99 Å². The van der Waals surface area contributed by atoms with Crippen molar-refractivity contribution in [2.75, 3.05) is 11.1 Å². The van der Waals surface area contributed by atoms with Gasteiger partial charge in [-0.25, -0.2) is 19.3 Å². The second kappa shape index (κ2) is 8.92. The highest BCUT2D eigenvalue weighted by atomic mass is 32.2. The van der Waals surface area contributed by atoms with Gasteiger partial charge in [-0.1, -0.05) is 0 Å². The quantitative estimate of drug-likeness (QED) is 0.441. The van der Waals surface area contributed by atoms with E-state index in [0.717, 1.165) is 27.6 Å². The summed E-state index contributed by atoms with van der Waals surface area (Å²) in [5.74, 6) is 1.14. The summed E-state index contributed by atoms with van der Waals surface area (Å²) in [4.78, 5) is 18.7. The molecule has 1 aromatic carbocycles. The molecule has 1 aliphatic heterocycles. The Kier molecular flexibility index (Phi) is 5.82. The molecule has 0 bridgehead atoms. The minimum absolute atomic E-state index is 0.0779. The molecule has 0 saturated heterocycles. The second-order valence-corrected chi connectivity index (χ2v) is 9.18. The molecule has 4 aromatic rings. The number of thioether (sulfide) groups is 1. The molecule has 0 saturated carbocycles. The lowest BCUT2D eigenvalue weighted by molar-refractivity contribution is 0.282. The van der Waals surface area contributed by atoms with Crippen LogP contribution >= 0.6 is 11.8 Å². The van der Waals surface area contributed by atoms with E-state index >= 15 is 0 Å². The Labute approximate surface area is 194 Å². The predicted octanol–water partition coefficient (Wildman–Crippen LogP) is 4.42. The van der Waals surface area contributed by atoms with Crippen molar-refractivity contribution >= 4 is 28.4 Å². The highest BCUT2D eigenvalue weighted by molar-refractivity contribution is 8.14. The van der Waals surface area contributed by atoms with Crippen molar-refractivity contribution in [3.8, 4) is 22.6 Å². The molecule has 0 spiro atoms. The Morgan fingerprint density at radius 1 is 1.21 bits per heavy atom. The third kappa shape index (κ3) is 4.34. The number of imidazole rings is 1. The first-order valence-corrected chi connectivity index (χ1v) is 11.7. The van der Waals surface area contributed by atoms with Gasteiger partial charge in [-0.3, -0.25) is 9.39 Å². The van der Waals surface area contributed by atoms with Crippen molar-refractivity contribution in [1.29, 1.82) is 0 Å². The van der Waals surface area contributed by atoms with Crippen LogP contribution < -0.4 is 5.32 Å². The van der Waals surface area contributed by atoms with E-state index in [1.165, 1.54) is 12.1 Å². The van der Waals surface area contributed by atoms with Crippen molar-refractivity contribution < 1.29 is 9.50 Å². The summed E-state index contributed by atoms with van der Waals surface area (Å²) in [6.07, 6.45) is 3.58. The van der Waals surface area contributed by atoms with Gasteiger partial charge >= 0.3 is 0 Å². The molecule has 9 heteroatoms. The standard InChI is InChI=1S/C24H23FN6OS/c1-14(20-13-33-15(2)28-20)27-24-26-9-7-19(29-24)23-22(17-3-5-18(25)6-4-17)30-21-11-16(12-32)8-10-31(21)23/h3-11,14,20,32H,12-13H2,1-2H3,(H,26,27,29). The van der Waals surface area contributed by atoms with Gasteiger partial charge in [0.1, 0.15) is 11.5 Å². The van der Waals surface area contributed by atoms with Gasteiger partial charge in [0.25, 0.3) is 0 Å². The third-order valence-corrected chi connectivity index (χ3v) is 6.66. The molecular weight excluding hydrogens is 439 g/mol. The summed E-state index contributed by atoms with van der Waals surface area (Å²) in [6, 6.07) is 12.0. The minimum Gasteiger partial charge on any atom is -0.392 e. The molecule has 2 N–H and O–H groups in total. The molecule has 0 radical (unpaired) electrons. The Balaban J connectivity index is 1.58. The van der Waals surface area contributed by atoms with Crippen LogP contribution in [0, 0.1) is 5.82 Å². The lowest BCUT2D eigenvalue weighted by Crippen LogP contribution is -2.30. The van der Waals surface area contributed by atoms with Crippen LogP contribution in [0.4, 0.5) is 10.3 Å². The third-order valence-electron chi connectivity index (χ3n) is 5.63. The molecule has 0 fully saturated rings. The second-order valence-electron chi connectivity index (χ2n) is 7.96. The van der Waals surface area contributed by atoms with E-state index in [-0.39, 0.29) is 24.5 Å². The van der Waals surface area contributed by atoms with Gasteiger partial charge in [0.2, 0.25) is 5.95 Å². The van der Waals surface area contributed by atoms with Gasteiger partial charge in [-0.05, 0) is 61.9 Å². The van der Waals surface area contributed by atoms with E-state index in [1.54, 1.807) is 30.1 Å². The summed E-state index contributed by atoms with van der Waals surface area (Å²) >= 11 is 1.76. The Bertz CT molecular complexity index is 1340. The fraction of sp³-hybridized carbons (Fsp3) is 0.250. The van der Waals surface area contributed by atoms with E-state index in [9.17, 15) is 9.50 Å². The molecule has 3 aromatic heterocycles. The Morgan fingerprint density at radius 2 is 2.03 bits per heavy atom. The van der Waals surface area contributed by atoms with Gasteiger partial charge in [0, 0.05) is 29.8 Å². The highest BCUT2D eigenvalue weighted by Gasteiger charge is 2.23. The SMILES string of the molecule is CC1=NC(C(C)Nc2nccc(-c3c(-c4ccc(F)cc4)nc4cc(CO)ccn34)n2)CS1. The van der Waals surface area contributed by atoms with Crippen molar-refractivity contribution in [3.05, 3.63) is 66.2 Å². The van der Waals surface area contributed by atoms with E-state index in [1.807, 2.05) is 35.7 Å². The molecule has 5 rings (SSSR count). The number of aromatic nitrogens is 4. The number of hydrogen-bond donors (Lipinski definition) is 2. The molecule has 0 amide bonds. The first-order valence-electron chi connectivity index (χ1n) is 10.7. The van der Waals surface area contributed by atoms with Crippen LogP contribution in [0.3, 0.4) is 0 Å². The van der Waals surface area contributed by atoms with E-state index < -0.39 is 0 Å². The van der Waals surface area contributed by atoms with Crippen LogP contribution in [0.5, 0.6) is 0 Å². The fourth-order valence-corrected chi connectivity index (χ4v) is 4.85. The monoisotopic (exact) mass is 462 g/mol. The Hall–Kier alpha value is -3.30. The van der Waals surface area contributed by atoms with E-state index in [0.29, 0.717) is 23.0 Å². The summed E-state index contributed by atoms with van der Waals surface area (Å²) in [5.41, 5.74) is 4.33. The number of hydrogen-bond acceptors (Lipinski definition) is 7. The zero-order chi connectivity index (χ0) is 22.9. The summed E-state index contributed by atoms with van der Waals surface area (Å²) < 4.78 is 15.5. The summed E-state index contributed by atoms with van der Waals surface area (Å²) in [5, 5.41) is 14.0. The minimum atomic E-state index is -0.308. The number of rotatable bonds is 6. The van der Waals surface area contributed by atoms with E-state index in [2.05, 4.69) is 22.2 Å². The number of benzene rings is 1. The zero-order valence-corrected chi connectivity index (χ0v) is 19.1. The smallest absolute Gasteiger partial charge is 0.223 e. The number of fused-ring (bicyclic) bond motifs is 1. The molecule has 1 aliphatic rings. The van der Waals surface area contributed by atoms with Crippen LogP contribution in [-0.4, -0.2) is 47.3 Å². The van der Waals surface area contributed by atoms with Gasteiger partial charge in [-0.15, -0.1) is 11.8 Å². The van der Waals surface area contributed by atoms with Crippen LogP contribution in [-0.2, 0) is 6.61 Å². The normalized spacial score (nSPS) is 16.7. The van der Waals surface area contributed by atoms with Crippen molar-refractivity contribution in [1.82, 2.24) is 19.4 Å². The molecule has 4 heterocycles. The van der Waals surface area contributed by atoms with Crippen LogP contribution in [0.25, 0.3) is 28.3 Å². The molecule has 2 atom stereocenters. The maximum absolute atomic E-state index is 13.6. The Morgan fingerprint density at radius 3 is 2.76 bits per heavy atom. The average Bonchev–Trinajstić information content (AvgIpc) is 3.43. The maximum atomic E-state index is 13.6.